The Hall–Kier alpha value is -1.24. The molecule has 1 N–H and O–H groups in total. The summed E-state index contributed by atoms with van der Waals surface area (Å²) in [6.07, 6.45) is 10.7. The van der Waals surface area contributed by atoms with Crippen molar-refractivity contribution in [3.63, 3.8) is 0 Å². The summed E-state index contributed by atoms with van der Waals surface area (Å²) in [5, 5.41) is 9.10. The van der Waals surface area contributed by atoms with Gasteiger partial charge in [0.1, 0.15) is 5.75 Å². The van der Waals surface area contributed by atoms with Crippen LogP contribution in [0.15, 0.2) is 30.3 Å². The Kier molecular flexibility index (Phi) is 5.60. The highest BCUT2D eigenvalue weighted by Gasteiger charge is 1.88. The van der Waals surface area contributed by atoms with E-state index in [9.17, 15) is 0 Å². The van der Waals surface area contributed by atoms with Gasteiger partial charge in [-0.15, -0.1) is 0 Å². The summed E-state index contributed by atoms with van der Waals surface area (Å²) < 4.78 is 0. The highest BCUT2D eigenvalue weighted by atomic mass is 16.3. The Labute approximate surface area is 92.5 Å². The second-order valence-electron chi connectivity index (χ2n) is 3.84. The lowest BCUT2D eigenvalue weighted by atomic mass is 10.1. The van der Waals surface area contributed by atoms with Gasteiger partial charge in [-0.1, -0.05) is 50.5 Å². The average Bonchev–Trinajstić information content (AvgIpc) is 2.26. The first-order chi connectivity index (χ1) is 7.33. The van der Waals surface area contributed by atoms with E-state index in [1.54, 1.807) is 12.1 Å². The Balaban J connectivity index is 2.23. The van der Waals surface area contributed by atoms with Crippen LogP contribution in [0.3, 0.4) is 0 Å². The van der Waals surface area contributed by atoms with Crippen LogP contribution in [0, 0.1) is 0 Å². The summed E-state index contributed by atoms with van der Waals surface area (Å²) in [5.74, 6) is 0.329. The molecular weight excluding hydrogens is 184 g/mol. The molecule has 0 atom stereocenters. The summed E-state index contributed by atoms with van der Waals surface area (Å²) in [5.41, 5.74) is 1.16. The molecule has 0 aliphatic rings. The second-order valence-corrected chi connectivity index (χ2v) is 3.84. The molecule has 82 valence electrons. The van der Waals surface area contributed by atoms with Crippen LogP contribution in [0.25, 0.3) is 6.08 Å². The summed E-state index contributed by atoms with van der Waals surface area (Å²) >= 11 is 0. The van der Waals surface area contributed by atoms with Crippen LogP contribution in [-0.2, 0) is 0 Å². The van der Waals surface area contributed by atoms with Crippen LogP contribution in [0.5, 0.6) is 5.75 Å². The van der Waals surface area contributed by atoms with Crippen molar-refractivity contribution >= 4 is 6.08 Å². The number of phenolic OH excluding ortho intramolecular Hbond substituents is 1. The van der Waals surface area contributed by atoms with E-state index < -0.39 is 0 Å². The first-order valence-electron chi connectivity index (χ1n) is 5.78. The normalized spacial score (nSPS) is 11.0. The van der Waals surface area contributed by atoms with Gasteiger partial charge in [-0.2, -0.15) is 0 Å². The number of aromatic hydroxyl groups is 1. The number of allylic oxidation sites excluding steroid dienone is 1. The zero-order valence-electron chi connectivity index (χ0n) is 9.45. The molecule has 0 unspecified atom stereocenters. The topological polar surface area (TPSA) is 20.2 Å². The molecule has 0 saturated carbocycles. The monoisotopic (exact) mass is 204 g/mol. The van der Waals surface area contributed by atoms with Crippen molar-refractivity contribution in [3.05, 3.63) is 35.9 Å². The molecule has 1 heteroatoms. The van der Waals surface area contributed by atoms with Crippen molar-refractivity contribution in [1.82, 2.24) is 0 Å². The third-order valence-electron chi connectivity index (χ3n) is 2.43. The summed E-state index contributed by atoms with van der Waals surface area (Å²) in [6, 6.07) is 7.29. The maximum absolute atomic E-state index is 9.10. The molecule has 0 amide bonds. The fraction of sp³-hybridized carbons (Fsp3) is 0.429. The first-order valence-corrected chi connectivity index (χ1v) is 5.78. The molecule has 1 nitrogen and oxygen atoms in total. The maximum atomic E-state index is 9.10. The van der Waals surface area contributed by atoms with E-state index >= 15 is 0 Å². The molecule has 15 heavy (non-hydrogen) atoms. The molecule has 1 aromatic rings. The lowest BCUT2D eigenvalue weighted by Gasteiger charge is -1.95. The van der Waals surface area contributed by atoms with Crippen LogP contribution in [-0.4, -0.2) is 5.11 Å². The zero-order valence-corrected chi connectivity index (χ0v) is 9.45. The molecule has 0 saturated heterocycles. The van der Waals surface area contributed by atoms with Crippen molar-refractivity contribution in [1.29, 1.82) is 0 Å². The van der Waals surface area contributed by atoms with Crippen molar-refractivity contribution in [3.8, 4) is 5.75 Å². The number of hydrogen-bond acceptors (Lipinski definition) is 1. The van der Waals surface area contributed by atoms with Gasteiger partial charge in [-0.3, -0.25) is 0 Å². The zero-order chi connectivity index (χ0) is 10.9. The van der Waals surface area contributed by atoms with Gasteiger partial charge in [0.15, 0.2) is 0 Å². The largest absolute Gasteiger partial charge is 0.508 e. The van der Waals surface area contributed by atoms with Gasteiger partial charge < -0.3 is 5.11 Å². The van der Waals surface area contributed by atoms with Gasteiger partial charge in [0.05, 0.1) is 0 Å². The minimum atomic E-state index is 0.329. The number of rotatable bonds is 6. The predicted molar refractivity (Wildman–Crippen MR) is 65.9 cm³/mol. The van der Waals surface area contributed by atoms with Gasteiger partial charge in [-0.25, -0.2) is 0 Å². The van der Waals surface area contributed by atoms with Crippen LogP contribution in [0.1, 0.15) is 44.6 Å². The molecule has 0 radical (unpaired) electrons. The first kappa shape index (κ1) is 11.8. The Bertz CT molecular complexity index is 285. The number of unbranched alkanes of at least 4 members (excludes halogenated alkanes) is 4. The van der Waals surface area contributed by atoms with E-state index in [0.29, 0.717) is 5.75 Å². The van der Waals surface area contributed by atoms with Crippen molar-refractivity contribution < 1.29 is 5.11 Å². The highest BCUT2D eigenvalue weighted by Crippen LogP contribution is 2.11. The smallest absolute Gasteiger partial charge is 0.115 e. The standard InChI is InChI=1S/C14H20O/c1-2-3-4-5-6-7-8-13-9-11-14(15)12-10-13/h7-12,15H,2-6H2,1H3. The van der Waals surface area contributed by atoms with E-state index in [4.69, 9.17) is 5.11 Å². The molecule has 0 aliphatic carbocycles. The van der Waals surface area contributed by atoms with Crippen LogP contribution in [0.2, 0.25) is 0 Å². The van der Waals surface area contributed by atoms with E-state index in [1.807, 2.05) is 12.1 Å². The summed E-state index contributed by atoms with van der Waals surface area (Å²) in [4.78, 5) is 0. The third-order valence-corrected chi connectivity index (χ3v) is 2.43. The Morgan fingerprint density at radius 2 is 1.80 bits per heavy atom. The second kappa shape index (κ2) is 7.10. The van der Waals surface area contributed by atoms with Gasteiger partial charge >= 0.3 is 0 Å². The van der Waals surface area contributed by atoms with Gasteiger partial charge in [-0.05, 0) is 30.5 Å². The number of benzene rings is 1. The van der Waals surface area contributed by atoms with Crippen LogP contribution < -0.4 is 0 Å². The van der Waals surface area contributed by atoms with E-state index in [2.05, 4.69) is 19.1 Å². The number of hydrogen-bond donors (Lipinski definition) is 1. The highest BCUT2D eigenvalue weighted by molar-refractivity contribution is 5.50. The predicted octanol–water partition coefficient (Wildman–Crippen LogP) is 4.38. The summed E-state index contributed by atoms with van der Waals surface area (Å²) in [7, 11) is 0. The molecule has 0 aromatic heterocycles. The molecular formula is C14H20O. The lowest BCUT2D eigenvalue weighted by molar-refractivity contribution is 0.475. The molecule has 0 spiro atoms. The van der Waals surface area contributed by atoms with Gasteiger partial charge in [0.2, 0.25) is 0 Å². The van der Waals surface area contributed by atoms with Crippen molar-refractivity contribution in [2.75, 3.05) is 0 Å². The Morgan fingerprint density at radius 1 is 1.07 bits per heavy atom. The Morgan fingerprint density at radius 3 is 2.47 bits per heavy atom. The van der Waals surface area contributed by atoms with E-state index in [0.717, 1.165) is 12.0 Å². The van der Waals surface area contributed by atoms with E-state index in [-0.39, 0.29) is 0 Å². The van der Waals surface area contributed by atoms with Crippen molar-refractivity contribution in [2.45, 2.75) is 39.0 Å². The molecule has 0 bridgehead atoms. The molecule has 1 rings (SSSR count). The molecule has 0 heterocycles. The van der Waals surface area contributed by atoms with Gasteiger partial charge in [0, 0.05) is 0 Å². The van der Waals surface area contributed by atoms with Crippen LogP contribution in [0.4, 0.5) is 0 Å². The molecule has 0 aliphatic heterocycles. The van der Waals surface area contributed by atoms with Crippen molar-refractivity contribution in [2.24, 2.45) is 0 Å². The minimum Gasteiger partial charge on any atom is -0.508 e. The molecule has 1 aromatic carbocycles. The summed E-state index contributed by atoms with van der Waals surface area (Å²) in [6.45, 7) is 2.23. The van der Waals surface area contributed by atoms with E-state index in [1.165, 1.54) is 25.7 Å². The lowest BCUT2D eigenvalue weighted by Crippen LogP contribution is -1.74. The fourth-order valence-electron chi connectivity index (χ4n) is 1.49. The van der Waals surface area contributed by atoms with Crippen LogP contribution >= 0.6 is 0 Å². The third kappa shape index (κ3) is 5.26. The quantitative estimate of drug-likeness (QED) is 0.682. The van der Waals surface area contributed by atoms with Gasteiger partial charge in [0.25, 0.3) is 0 Å². The average molecular weight is 204 g/mol. The SMILES string of the molecule is CCCCCCC=Cc1ccc(O)cc1. The maximum Gasteiger partial charge on any atom is 0.115 e. The minimum absolute atomic E-state index is 0.329. The molecule has 0 fully saturated rings. The fourth-order valence-corrected chi connectivity index (χ4v) is 1.49. The number of phenols is 1.